The van der Waals surface area contributed by atoms with Crippen LogP contribution >= 0.6 is 0 Å². The second-order valence-corrected chi connectivity index (χ2v) is 20.4. The summed E-state index contributed by atoms with van der Waals surface area (Å²) in [5.74, 6) is 1.87. The number of hydrogen-bond donors (Lipinski definition) is 0. The number of aromatic nitrogens is 4. The summed E-state index contributed by atoms with van der Waals surface area (Å²) in [6, 6.07) is 83.3. The predicted molar refractivity (Wildman–Crippen MR) is 269 cm³/mol. The predicted octanol–water partition coefficient (Wildman–Crippen LogP) is 11.6. The van der Waals surface area contributed by atoms with Crippen LogP contribution in [-0.4, -0.2) is 27.6 Å². The molecule has 2 heterocycles. The summed E-state index contributed by atoms with van der Waals surface area (Å²) in [6.07, 6.45) is 0. The van der Waals surface area contributed by atoms with E-state index in [2.05, 4.69) is 213 Å². The van der Waals surface area contributed by atoms with Crippen LogP contribution in [0.1, 0.15) is 11.1 Å². The molecule has 4 nitrogen and oxygen atoms in total. The van der Waals surface area contributed by atoms with Crippen molar-refractivity contribution in [3.63, 3.8) is 0 Å². The van der Waals surface area contributed by atoms with E-state index in [1.54, 1.807) is 0 Å². The number of aryl methyl sites for hydroxylation is 2. The van der Waals surface area contributed by atoms with Crippen LogP contribution < -0.4 is 20.7 Å². The van der Waals surface area contributed by atoms with Crippen molar-refractivity contribution in [3.05, 3.63) is 242 Å². The molecule has 11 rings (SSSR count). The van der Waals surface area contributed by atoms with Gasteiger partial charge in [0.05, 0.1) is 11.0 Å². The Kier molecular flexibility index (Phi) is 9.95. The van der Waals surface area contributed by atoms with Crippen molar-refractivity contribution >= 4 is 50.6 Å². The number of fused-ring (bicyclic) bond motifs is 3. The highest BCUT2D eigenvalue weighted by molar-refractivity contribution is 7.19. The third-order valence-corrected chi connectivity index (χ3v) is 17.3. The average Bonchev–Trinajstić information content (AvgIpc) is 3.68. The lowest BCUT2D eigenvalue weighted by molar-refractivity contribution is 1.07. The van der Waals surface area contributed by atoms with Gasteiger partial charge in [0.15, 0.2) is 25.5 Å². The van der Waals surface area contributed by atoms with E-state index in [-0.39, 0.29) is 0 Å². The molecule has 0 aliphatic rings. The van der Waals surface area contributed by atoms with Crippen molar-refractivity contribution in [2.75, 3.05) is 0 Å². The maximum Gasteiger partial charge on any atom is 0.179 e. The second-order valence-electron chi connectivity index (χ2n) is 16.6. The van der Waals surface area contributed by atoms with Gasteiger partial charge in [-0.15, -0.1) is 0 Å². The minimum Gasteiger partial charge on any atom is -0.309 e. The van der Waals surface area contributed by atoms with Gasteiger partial charge in [0.1, 0.15) is 0 Å². The lowest BCUT2D eigenvalue weighted by atomic mass is 9.98. The summed E-state index contributed by atoms with van der Waals surface area (Å²) in [6.45, 7) is 4.33. The van der Waals surface area contributed by atoms with Crippen molar-refractivity contribution in [2.45, 2.75) is 13.8 Å². The monoisotopic (exact) mass is 836 g/mol. The summed E-state index contributed by atoms with van der Waals surface area (Å²) in [5, 5.41) is 7.81. The van der Waals surface area contributed by atoms with Crippen LogP contribution in [0.25, 0.3) is 72.8 Å². The molecule has 0 amide bonds. The molecule has 64 heavy (non-hydrogen) atoms. The third-order valence-electron chi connectivity index (χ3n) is 12.5. The molecule has 2 aromatic heterocycles. The lowest BCUT2D eigenvalue weighted by Gasteiger charge is -2.34. The molecule has 0 spiro atoms. The maximum atomic E-state index is 5.31. The van der Waals surface area contributed by atoms with E-state index >= 15 is 0 Å². The Labute approximate surface area is 374 Å². The first kappa shape index (κ1) is 38.9. The van der Waals surface area contributed by atoms with Gasteiger partial charge >= 0.3 is 0 Å². The van der Waals surface area contributed by atoms with Gasteiger partial charge < -0.3 is 4.57 Å². The molecule has 0 N–H and O–H groups in total. The Morgan fingerprint density at radius 2 is 0.734 bits per heavy atom. The zero-order valence-electron chi connectivity index (χ0n) is 35.7. The van der Waals surface area contributed by atoms with E-state index in [1.165, 1.54) is 42.6 Å². The molecule has 5 heteroatoms. The standard InChI is InChI=1S/C59H44N4Si/c1-41-28-36-55-52(38-41)53-39-42(2)29-37-56(53)63(55)46-32-35-51(54(40-46)59-61-57(44-18-8-3-9-19-44)60-58(62-59)45-20-10-4-11-21-45)43-30-33-50(34-31-43)64(47-22-12-5-13-23-47,48-24-14-6-15-25-48)49-26-16-7-17-27-49/h3-40H,1-2H3. The van der Waals surface area contributed by atoms with Gasteiger partial charge in [-0.2, -0.15) is 0 Å². The van der Waals surface area contributed by atoms with Crippen LogP contribution in [0.4, 0.5) is 0 Å². The van der Waals surface area contributed by atoms with Crippen molar-refractivity contribution in [1.29, 1.82) is 0 Å². The van der Waals surface area contributed by atoms with Crippen molar-refractivity contribution in [2.24, 2.45) is 0 Å². The lowest BCUT2D eigenvalue weighted by Crippen LogP contribution is -2.74. The highest BCUT2D eigenvalue weighted by atomic mass is 28.3. The molecule has 0 fully saturated rings. The number of benzene rings is 9. The molecule has 0 aliphatic heterocycles. The van der Waals surface area contributed by atoms with Gasteiger partial charge in [-0.05, 0) is 82.1 Å². The Morgan fingerprint density at radius 1 is 0.328 bits per heavy atom. The summed E-state index contributed by atoms with van der Waals surface area (Å²) in [5.41, 5.74) is 10.7. The zero-order valence-corrected chi connectivity index (χ0v) is 36.7. The van der Waals surface area contributed by atoms with Gasteiger partial charge in [0, 0.05) is 33.2 Å². The fourth-order valence-electron chi connectivity index (χ4n) is 9.53. The molecule has 0 atom stereocenters. The quantitative estimate of drug-likeness (QED) is 0.107. The van der Waals surface area contributed by atoms with E-state index in [4.69, 9.17) is 15.0 Å². The van der Waals surface area contributed by atoms with E-state index < -0.39 is 8.07 Å². The first-order valence-electron chi connectivity index (χ1n) is 21.9. The van der Waals surface area contributed by atoms with Gasteiger partial charge in [0.2, 0.25) is 0 Å². The molecule has 0 aliphatic carbocycles. The van der Waals surface area contributed by atoms with Crippen molar-refractivity contribution in [1.82, 2.24) is 19.5 Å². The molecular formula is C59H44N4Si. The van der Waals surface area contributed by atoms with Crippen LogP contribution in [-0.2, 0) is 0 Å². The fourth-order valence-corrected chi connectivity index (χ4v) is 14.3. The van der Waals surface area contributed by atoms with Crippen LogP contribution in [0.2, 0.25) is 0 Å². The number of rotatable bonds is 9. The fraction of sp³-hybridized carbons (Fsp3) is 0.0339. The Bertz CT molecular complexity index is 3210. The first-order valence-corrected chi connectivity index (χ1v) is 23.9. The van der Waals surface area contributed by atoms with Crippen LogP contribution in [0, 0.1) is 13.8 Å². The molecule has 11 aromatic rings. The normalized spacial score (nSPS) is 11.6. The van der Waals surface area contributed by atoms with Gasteiger partial charge in [0.25, 0.3) is 0 Å². The van der Waals surface area contributed by atoms with Crippen LogP contribution in [0.5, 0.6) is 0 Å². The molecule has 0 saturated carbocycles. The van der Waals surface area contributed by atoms with Crippen molar-refractivity contribution < 1.29 is 0 Å². The summed E-state index contributed by atoms with van der Waals surface area (Å²) in [7, 11) is -2.73. The van der Waals surface area contributed by atoms with E-state index in [0.29, 0.717) is 17.5 Å². The molecule has 0 radical (unpaired) electrons. The van der Waals surface area contributed by atoms with E-state index in [0.717, 1.165) is 44.5 Å². The van der Waals surface area contributed by atoms with Gasteiger partial charge in [-0.25, -0.2) is 15.0 Å². The minimum absolute atomic E-state index is 0.614. The molecule has 9 aromatic carbocycles. The van der Waals surface area contributed by atoms with E-state index in [9.17, 15) is 0 Å². The Balaban J connectivity index is 1.16. The highest BCUT2D eigenvalue weighted by Gasteiger charge is 2.41. The topological polar surface area (TPSA) is 43.6 Å². The largest absolute Gasteiger partial charge is 0.309 e. The van der Waals surface area contributed by atoms with Gasteiger partial charge in [-0.1, -0.05) is 205 Å². The smallest absolute Gasteiger partial charge is 0.179 e. The maximum absolute atomic E-state index is 5.31. The highest BCUT2D eigenvalue weighted by Crippen LogP contribution is 2.38. The third kappa shape index (κ3) is 6.83. The number of nitrogens with zero attached hydrogens (tertiary/aromatic N) is 4. The zero-order chi connectivity index (χ0) is 43.0. The SMILES string of the molecule is Cc1ccc2c(c1)c1cc(C)ccc1n2-c1ccc(-c2ccc([Si](c3ccccc3)(c3ccccc3)c3ccccc3)cc2)c(-c2nc(-c3ccccc3)nc(-c3ccccc3)n2)c1. The first-order chi connectivity index (χ1) is 31.5. The van der Waals surface area contributed by atoms with Crippen LogP contribution in [0.15, 0.2) is 231 Å². The molecule has 0 saturated heterocycles. The number of hydrogen-bond acceptors (Lipinski definition) is 3. The molecular weight excluding hydrogens is 793 g/mol. The molecule has 304 valence electrons. The second kappa shape index (κ2) is 16.4. The van der Waals surface area contributed by atoms with Gasteiger partial charge in [-0.3, -0.25) is 0 Å². The Morgan fingerprint density at radius 3 is 1.19 bits per heavy atom. The Hall–Kier alpha value is -7.99. The van der Waals surface area contributed by atoms with Crippen LogP contribution in [0.3, 0.4) is 0 Å². The van der Waals surface area contributed by atoms with E-state index in [1.807, 2.05) is 36.4 Å². The molecule has 0 bridgehead atoms. The average molecular weight is 837 g/mol. The minimum atomic E-state index is -2.73. The summed E-state index contributed by atoms with van der Waals surface area (Å²) < 4.78 is 2.39. The summed E-state index contributed by atoms with van der Waals surface area (Å²) >= 11 is 0. The summed E-state index contributed by atoms with van der Waals surface area (Å²) in [4.78, 5) is 15.7. The van der Waals surface area contributed by atoms with Crippen molar-refractivity contribution in [3.8, 4) is 51.0 Å². The molecule has 0 unspecified atom stereocenters.